The predicted molar refractivity (Wildman–Crippen MR) is 142 cm³/mol. The molecular weight excluding hydrogens is 460 g/mol. The van der Waals surface area contributed by atoms with E-state index in [1.165, 1.54) is 0 Å². The van der Waals surface area contributed by atoms with Gasteiger partial charge in [0.2, 0.25) is 5.91 Å². The lowest BCUT2D eigenvalue weighted by molar-refractivity contribution is -0.117. The number of piperazine rings is 1. The number of nitrogens with one attached hydrogen (secondary N) is 2. The van der Waals surface area contributed by atoms with Crippen molar-refractivity contribution in [2.45, 2.75) is 51.8 Å². The highest BCUT2D eigenvalue weighted by atomic mass is 32.1. The lowest BCUT2D eigenvalue weighted by Gasteiger charge is -2.45. The number of carbonyl (C=O) groups is 1. The Kier molecular flexibility index (Phi) is 7.17. The molecule has 0 bridgehead atoms. The van der Waals surface area contributed by atoms with Crippen LogP contribution in [0.1, 0.15) is 32.3 Å². The molecule has 1 aromatic carbocycles. The van der Waals surface area contributed by atoms with Crippen LogP contribution in [0, 0.1) is 6.92 Å². The molecule has 4 heterocycles. The van der Waals surface area contributed by atoms with Crippen LogP contribution in [0.3, 0.4) is 0 Å². The largest absolute Gasteiger partial charge is 0.490 e. The third kappa shape index (κ3) is 5.42. The van der Waals surface area contributed by atoms with E-state index >= 15 is 0 Å². The first-order valence-electron chi connectivity index (χ1n) is 12.4. The number of benzene rings is 1. The number of thiophene rings is 1. The molecule has 2 saturated heterocycles. The van der Waals surface area contributed by atoms with Crippen molar-refractivity contribution in [1.29, 1.82) is 0 Å². The minimum absolute atomic E-state index is 0.00206. The van der Waals surface area contributed by atoms with Crippen LogP contribution in [0.5, 0.6) is 5.75 Å². The number of ether oxygens (including phenoxy) is 1. The van der Waals surface area contributed by atoms with Gasteiger partial charge in [-0.1, -0.05) is 6.07 Å². The summed E-state index contributed by atoms with van der Waals surface area (Å²) in [6.07, 6.45) is 3.89. The average molecular weight is 495 g/mol. The van der Waals surface area contributed by atoms with Gasteiger partial charge in [0.05, 0.1) is 11.9 Å². The van der Waals surface area contributed by atoms with E-state index in [2.05, 4.69) is 55.7 Å². The quantitative estimate of drug-likeness (QED) is 0.541. The van der Waals surface area contributed by atoms with Gasteiger partial charge in [0, 0.05) is 36.9 Å². The van der Waals surface area contributed by atoms with Gasteiger partial charge in [-0.15, -0.1) is 11.3 Å². The molecule has 9 heteroatoms. The zero-order valence-electron chi connectivity index (χ0n) is 20.7. The van der Waals surface area contributed by atoms with Crippen molar-refractivity contribution < 1.29 is 9.53 Å². The summed E-state index contributed by atoms with van der Waals surface area (Å²) in [7, 11) is 0. The molecule has 1 amide bonds. The normalized spacial score (nSPS) is 21.9. The highest BCUT2D eigenvalue weighted by Gasteiger charge is 2.32. The Hall–Kier alpha value is -2.75. The Balaban J connectivity index is 1.21. The second-order valence-corrected chi connectivity index (χ2v) is 10.6. The van der Waals surface area contributed by atoms with Gasteiger partial charge in [0.1, 0.15) is 28.8 Å². The molecule has 0 saturated carbocycles. The Morgan fingerprint density at radius 2 is 1.94 bits per heavy atom. The molecule has 0 radical (unpaired) electrons. The number of amides is 1. The summed E-state index contributed by atoms with van der Waals surface area (Å²) in [5, 5.41) is 9.65. The SMILES string of the molecule is Cc1ccc(OC2CCNCC2)cc1NC(=O)CN1CC(C)N(c2ncnc3sccc23)C(C)C1. The number of nitrogens with zero attached hydrogens (tertiary/aromatic N) is 4. The highest BCUT2D eigenvalue weighted by molar-refractivity contribution is 7.16. The van der Waals surface area contributed by atoms with Gasteiger partial charge in [-0.3, -0.25) is 9.69 Å². The molecule has 2 aromatic heterocycles. The molecule has 2 atom stereocenters. The summed E-state index contributed by atoms with van der Waals surface area (Å²) in [4.78, 5) is 27.6. The molecule has 186 valence electrons. The van der Waals surface area contributed by atoms with Crippen molar-refractivity contribution in [3.8, 4) is 5.75 Å². The van der Waals surface area contributed by atoms with E-state index in [-0.39, 0.29) is 24.1 Å². The fourth-order valence-electron chi connectivity index (χ4n) is 5.27. The number of piperidine rings is 1. The van der Waals surface area contributed by atoms with Crippen molar-refractivity contribution in [1.82, 2.24) is 20.2 Å². The maximum atomic E-state index is 13.0. The van der Waals surface area contributed by atoms with Crippen LogP contribution < -0.4 is 20.3 Å². The first-order valence-corrected chi connectivity index (χ1v) is 13.3. The molecule has 0 spiro atoms. The fourth-order valence-corrected chi connectivity index (χ4v) is 6.00. The number of rotatable bonds is 6. The summed E-state index contributed by atoms with van der Waals surface area (Å²) in [5.74, 6) is 1.81. The van der Waals surface area contributed by atoms with Crippen LogP contribution >= 0.6 is 11.3 Å². The fraction of sp³-hybridized carbons (Fsp3) is 0.500. The van der Waals surface area contributed by atoms with Gasteiger partial charge >= 0.3 is 0 Å². The predicted octanol–water partition coefficient (Wildman–Crippen LogP) is 3.67. The number of aromatic nitrogens is 2. The Labute approximate surface area is 210 Å². The van der Waals surface area contributed by atoms with Crippen molar-refractivity contribution in [2.75, 3.05) is 42.9 Å². The van der Waals surface area contributed by atoms with Crippen LogP contribution in [-0.4, -0.2) is 71.7 Å². The minimum atomic E-state index is 0.00206. The monoisotopic (exact) mass is 494 g/mol. The van der Waals surface area contributed by atoms with E-state index in [0.29, 0.717) is 6.54 Å². The first kappa shape index (κ1) is 24.0. The summed E-state index contributed by atoms with van der Waals surface area (Å²) in [5.41, 5.74) is 1.85. The molecule has 2 aliphatic rings. The topological polar surface area (TPSA) is 82.6 Å². The van der Waals surface area contributed by atoms with E-state index in [4.69, 9.17) is 4.74 Å². The Morgan fingerprint density at radius 3 is 2.71 bits per heavy atom. The van der Waals surface area contributed by atoms with E-state index in [1.54, 1.807) is 17.7 Å². The number of hydrogen-bond acceptors (Lipinski definition) is 8. The second kappa shape index (κ2) is 10.5. The van der Waals surface area contributed by atoms with Gasteiger partial charge in [-0.2, -0.15) is 0 Å². The van der Waals surface area contributed by atoms with E-state index in [9.17, 15) is 4.79 Å². The molecular formula is C26H34N6O2S. The third-order valence-electron chi connectivity index (χ3n) is 6.92. The van der Waals surface area contributed by atoms with Crippen molar-refractivity contribution in [3.05, 3.63) is 41.5 Å². The molecule has 0 aliphatic carbocycles. The molecule has 2 fully saturated rings. The Morgan fingerprint density at radius 1 is 1.17 bits per heavy atom. The number of aryl methyl sites for hydroxylation is 1. The molecule has 3 aromatic rings. The number of carbonyl (C=O) groups excluding carboxylic acids is 1. The number of fused-ring (bicyclic) bond motifs is 1. The van der Waals surface area contributed by atoms with Gasteiger partial charge in [0.25, 0.3) is 0 Å². The number of anilines is 2. The highest BCUT2D eigenvalue weighted by Crippen LogP contribution is 2.31. The lowest BCUT2D eigenvalue weighted by Crippen LogP contribution is -2.58. The van der Waals surface area contributed by atoms with Crippen LogP contribution in [-0.2, 0) is 4.79 Å². The number of hydrogen-bond donors (Lipinski definition) is 2. The molecule has 2 unspecified atom stereocenters. The standard InChI is InChI=1S/C26H34N6O2S/c1-17-4-5-21(34-20-6-9-27-10-7-20)12-23(17)30-24(33)15-31-13-18(2)32(19(3)14-31)25-22-8-11-35-26(22)29-16-28-25/h4-5,8,11-12,16,18-20,27H,6-7,9-10,13-15H2,1-3H3,(H,30,33). The van der Waals surface area contributed by atoms with Crippen molar-refractivity contribution in [2.24, 2.45) is 0 Å². The molecule has 2 aliphatic heterocycles. The van der Waals surface area contributed by atoms with E-state index in [0.717, 1.165) is 72.1 Å². The van der Waals surface area contributed by atoms with E-state index < -0.39 is 0 Å². The lowest BCUT2D eigenvalue weighted by atomic mass is 10.1. The van der Waals surface area contributed by atoms with E-state index in [1.807, 2.05) is 25.1 Å². The second-order valence-electron chi connectivity index (χ2n) is 9.73. The van der Waals surface area contributed by atoms with Crippen molar-refractivity contribution >= 4 is 39.0 Å². The molecule has 2 N–H and O–H groups in total. The summed E-state index contributed by atoms with van der Waals surface area (Å²) < 4.78 is 6.17. The van der Waals surface area contributed by atoms with Gasteiger partial charge < -0.3 is 20.3 Å². The molecule has 8 nitrogen and oxygen atoms in total. The zero-order valence-corrected chi connectivity index (χ0v) is 21.5. The maximum absolute atomic E-state index is 13.0. The summed E-state index contributed by atoms with van der Waals surface area (Å²) in [6, 6.07) is 8.52. The van der Waals surface area contributed by atoms with Gasteiger partial charge in [-0.25, -0.2) is 9.97 Å². The zero-order chi connectivity index (χ0) is 24.4. The summed E-state index contributed by atoms with van der Waals surface area (Å²) >= 11 is 1.64. The first-order chi connectivity index (χ1) is 17.0. The smallest absolute Gasteiger partial charge is 0.238 e. The molecule has 35 heavy (non-hydrogen) atoms. The van der Waals surface area contributed by atoms with Crippen LogP contribution in [0.4, 0.5) is 11.5 Å². The van der Waals surface area contributed by atoms with Crippen LogP contribution in [0.2, 0.25) is 0 Å². The third-order valence-corrected chi connectivity index (χ3v) is 7.74. The molecule has 5 rings (SSSR count). The summed E-state index contributed by atoms with van der Waals surface area (Å²) in [6.45, 7) is 10.3. The van der Waals surface area contributed by atoms with Gasteiger partial charge in [-0.05, 0) is 69.8 Å². The average Bonchev–Trinajstić information content (AvgIpc) is 3.31. The van der Waals surface area contributed by atoms with Crippen LogP contribution in [0.25, 0.3) is 10.2 Å². The van der Waals surface area contributed by atoms with Crippen LogP contribution in [0.15, 0.2) is 36.0 Å². The Bertz CT molecular complexity index is 1170. The van der Waals surface area contributed by atoms with Gasteiger partial charge in [0.15, 0.2) is 0 Å². The maximum Gasteiger partial charge on any atom is 0.238 e. The minimum Gasteiger partial charge on any atom is -0.490 e. The van der Waals surface area contributed by atoms with Crippen molar-refractivity contribution in [3.63, 3.8) is 0 Å².